The van der Waals surface area contributed by atoms with Crippen molar-refractivity contribution in [2.75, 3.05) is 5.75 Å². The van der Waals surface area contributed by atoms with Gasteiger partial charge in [-0.05, 0) is 12.1 Å². The first-order chi connectivity index (χ1) is 6.87. The maximum atomic E-state index is 11.7. The minimum Gasteiger partial charge on any atom is -0.224 e. The standard InChI is InChI=1S/C9H7Cl2NO2S/c10-9(11,6-12)7-15(13,14)8-4-2-1-3-5-8/h1-5H,7H2. The molecule has 0 saturated carbocycles. The van der Waals surface area contributed by atoms with E-state index in [1.807, 2.05) is 0 Å². The van der Waals surface area contributed by atoms with Crippen LogP contribution in [0, 0.1) is 11.3 Å². The summed E-state index contributed by atoms with van der Waals surface area (Å²) in [4.78, 5) is 0.103. The Hall–Kier alpha value is -0.760. The molecule has 0 aliphatic rings. The van der Waals surface area contributed by atoms with E-state index in [9.17, 15) is 8.42 Å². The quantitative estimate of drug-likeness (QED) is 0.786. The van der Waals surface area contributed by atoms with Crippen molar-refractivity contribution in [3.63, 3.8) is 0 Å². The van der Waals surface area contributed by atoms with Gasteiger partial charge in [0.05, 0.1) is 4.90 Å². The first-order valence-electron chi connectivity index (χ1n) is 3.94. The summed E-state index contributed by atoms with van der Waals surface area (Å²) < 4.78 is 21.5. The Bertz CT molecular complexity index is 477. The molecule has 1 rings (SSSR count). The highest BCUT2D eigenvalue weighted by atomic mass is 35.5. The smallest absolute Gasteiger partial charge is 0.217 e. The van der Waals surface area contributed by atoms with Crippen LogP contribution in [0.4, 0.5) is 0 Å². The number of sulfone groups is 1. The van der Waals surface area contributed by atoms with E-state index >= 15 is 0 Å². The van der Waals surface area contributed by atoms with E-state index in [2.05, 4.69) is 0 Å². The van der Waals surface area contributed by atoms with Crippen molar-refractivity contribution < 1.29 is 8.42 Å². The predicted molar refractivity (Wildman–Crippen MR) is 58.5 cm³/mol. The first-order valence-corrected chi connectivity index (χ1v) is 6.35. The number of alkyl halides is 2. The highest BCUT2D eigenvalue weighted by Crippen LogP contribution is 2.25. The number of halogens is 2. The minimum absolute atomic E-state index is 0.103. The Morgan fingerprint density at radius 1 is 1.27 bits per heavy atom. The molecular formula is C9H7Cl2NO2S. The molecule has 0 fully saturated rings. The average molecular weight is 264 g/mol. The van der Waals surface area contributed by atoms with Gasteiger partial charge in [0.2, 0.25) is 4.33 Å². The van der Waals surface area contributed by atoms with Gasteiger partial charge in [-0.3, -0.25) is 0 Å². The van der Waals surface area contributed by atoms with Crippen molar-refractivity contribution in [1.29, 1.82) is 5.26 Å². The molecule has 0 saturated heterocycles. The summed E-state index contributed by atoms with van der Waals surface area (Å²) in [5.41, 5.74) is 0. The molecule has 0 heterocycles. The van der Waals surface area contributed by atoms with Crippen molar-refractivity contribution in [3.05, 3.63) is 30.3 Å². The largest absolute Gasteiger partial charge is 0.224 e. The zero-order valence-electron chi connectivity index (χ0n) is 7.52. The number of hydrogen-bond acceptors (Lipinski definition) is 3. The summed E-state index contributed by atoms with van der Waals surface area (Å²) >= 11 is 11.0. The minimum atomic E-state index is -3.62. The number of nitriles is 1. The fourth-order valence-corrected chi connectivity index (χ4v) is 3.12. The Morgan fingerprint density at radius 2 is 1.80 bits per heavy atom. The third-order valence-corrected chi connectivity index (χ3v) is 4.19. The third kappa shape index (κ3) is 3.38. The Kier molecular flexibility index (Phi) is 3.61. The fraction of sp³-hybridized carbons (Fsp3) is 0.222. The van der Waals surface area contributed by atoms with Gasteiger partial charge >= 0.3 is 0 Å². The summed E-state index contributed by atoms with van der Waals surface area (Å²) in [5.74, 6) is -0.621. The normalized spacial score (nSPS) is 12.1. The lowest BCUT2D eigenvalue weighted by atomic mass is 10.4. The molecule has 80 valence electrons. The molecule has 0 spiro atoms. The lowest BCUT2D eigenvalue weighted by Gasteiger charge is -2.10. The number of rotatable bonds is 3. The topological polar surface area (TPSA) is 57.9 Å². The molecule has 0 aliphatic heterocycles. The molecule has 0 aliphatic carbocycles. The van der Waals surface area contributed by atoms with Gasteiger partial charge in [-0.2, -0.15) is 5.26 Å². The Balaban J connectivity index is 3.03. The first kappa shape index (κ1) is 12.3. The van der Waals surface area contributed by atoms with E-state index < -0.39 is 19.9 Å². The molecule has 3 nitrogen and oxygen atoms in total. The van der Waals surface area contributed by atoms with E-state index in [0.717, 1.165) is 0 Å². The summed E-state index contributed by atoms with van der Waals surface area (Å²) in [7, 11) is -3.62. The molecule has 0 aromatic heterocycles. The lowest BCUT2D eigenvalue weighted by molar-refractivity contribution is 0.595. The van der Waals surface area contributed by atoms with Crippen LogP contribution >= 0.6 is 23.2 Å². The molecular weight excluding hydrogens is 257 g/mol. The van der Waals surface area contributed by atoms with E-state index in [1.54, 1.807) is 18.2 Å². The molecule has 0 atom stereocenters. The molecule has 0 radical (unpaired) electrons. The number of nitrogens with zero attached hydrogens (tertiary/aromatic N) is 1. The Morgan fingerprint density at radius 3 is 2.27 bits per heavy atom. The van der Waals surface area contributed by atoms with Gasteiger partial charge in [-0.1, -0.05) is 41.4 Å². The van der Waals surface area contributed by atoms with Crippen LogP contribution in [-0.4, -0.2) is 18.5 Å². The molecule has 6 heteroatoms. The second-order valence-electron chi connectivity index (χ2n) is 2.89. The van der Waals surface area contributed by atoms with E-state index in [4.69, 9.17) is 28.5 Å². The second-order valence-corrected chi connectivity index (χ2v) is 6.36. The monoisotopic (exact) mass is 263 g/mol. The van der Waals surface area contributed by atoms with Crippen molar-refractivity contribution in [2.45, 2.75) is 9.23 Å². The highest BCUT2D eigenvalue weighted by molar-refractivity contribution is 7.91. The van der Waals surface area contributed by atoms with Crippen LogP contribution in [0.25, 0.3) is 0 Å². The van der Waals surface area contributed by atoms with Crippen molar-refractivity contribution in [3.8, 4) is 6.07 Å². The zero-order valence-corrected chi connectivity index (χ0v) is 9.85. The van der Waals surface area contributed by atoms with Crippen LogP contribution in [0.3, 0.4) is 0 Å². The SMILES string of the molecule is N#CC(Cl)(Cl)CS(=O)(=O)c1ccccc1. The molecule has 1 aromatic rings. The van der Waals surface area contributed by atoms with E-state index in [1.165, 1.54) is 18.2 Å². The summed E-state index contributed by atoms with van der Waals surface area (Å²) in [6, 6.07) is 9.24. The maximum absolute atomic E-state index is 11.7. The van der Waals surface area contributed by atoms with Gasteiger partial charge in [0.15, 0.2) is 9.84 Å². The van der Waals surface area contributed by atoms with Gasteiger partial charge in [-0.25, -0.2) is 8.42 Å². The molecule has 0 unspecified atom stereocenters. The molecule has 0 bridgehead atoms. The van der Waals surface area contributed by atoms with Crippen molar-refractivity contribution >= 4 is 33.0 Å². The zero-order chi connectivity index (χ0) is 11.5. The van der Waals surface area contributed by atoms with Gasteiger partial charge in [0.25, 0.3) is 0 Å². The van der Waals surface area contributed by atoms with Crippen LogP contribution < -0.4 is 0 Å². The molecule has 15 heavy (non-hydrogen) atoms. The summed E-state index contributed by atoms with van der Waals surface area (Å²) in [6.07, 6.45) is 0. The lowest BCUT2D eigenvalue weighted by Crippen LogP contribution is -2.23. The molecule has 1 aromatic carbocycles. The highest BCUT2D eigenvalue weighted by Gasteiger charge is 2.31. The van der Waals surface area contributed by atoms with Crippen LogP contribution in [0.1, 0.15) is 0 Å². The van der Waals surface area contributed by atoms with Crippen LogP contribution in [-0.2, 0) is 9.84 Å². The van der Waals surface area contributed by atoms with Crippen molar-refractivity contribution in [2.24, 2.45) is 0 Å². The maximum Gasteiger partial charge on any atom is 0.217 e. The van der Waals surface area contributed by atoms with Crippen molar-refractivity contribution in [1.82, 2.24) is 0 Å². The molecule has 0 amide bonds. The second kappa shape index (κ2) is 4.40. The van der Waals surface area contributed by atoms with E-state index in [-0.39, 0.29) is 4.90 Å². The van der Waals surface area contributed by atoms with Gasteiger partial charge in [0.1, 0.15) is 11.8 Å². The summed E-state index contributed by atoms with van der Waals surface area (Å²) in [6.45, 7) is 0. The van der Waals surface area contributed by atoms with Crippen LogP contribution in [0.2, 0.25) is 0 Å². The Labute approximate surface area is 98.2 Å². The summed E-state index contributed by atoms with van der Waals surface area (Å²) in [5, 5.41) is 8.53. The molecule has 0 N–H and O–H groups in total. The van der Waals surface area contributed by atoms with Gasteiger partial charge in [-0.15, -0.1) is 0 Å². The van der Waals surface area contributed by atoms with Gasteiger partial charge in [0, 0.05) is 0 Å². The van der Waals surface area contributed by atoms with Gasteiger partial charge < -0.3 is 0 Å². The number of benzene rings is 1. The average Bonchev–Trinajstić information content (AvgIpc) is 2.18. The number of hydrogen-bond donors (Lipinski definition) is 0. The van der Waals surface area contributed by atoms with Crippen LogP contribution in [0.15, 0.2) is 35.2 Å². The third-order valence-electron chi connectivity index (χ3n) is 1.64. The fourth-order valence-electron chi connectivity index (χ4n) is 0.982. The van der Waals surface area contributed by atoms with Crippen LogP contribution in [0.5, 0.6) is 0 Å². The predicted octanol–water partition coefficient (Wildman–Crippen LogP) is 2.16. The van der Waals surface area contributed by atoms with E-state index in [0.29, 0.717) is 0 Å².